The van der Waals surface area contributed by atoms with Gasteiger partial charge in [-0.2, -0.15) is 0 Å². The predicted octanol–water partition coefficient (Wildman–Crippen LogP) is 7.47. The molecule has 4 aliphatic carbocycles. The molecule has 3 saturated carbocycles. The Balaban J connectivity index is 1.50. The van der Waals surface area contributed by atoms with Crippen LogP contribution in [-0.2, 0) is 0 Å². The molecule has 0 bridgehead atoms. The number of aliphatic hydroxyl groups is 1. The Hall–Kier alpha value is -0.820. The summed E-state index contributed by atoms with van der Waals surface area (Å²) in [6.07, 6.45) is 14.8. The van der Waals surface area contributed by atoms with Crippen molar-refractivity contribution in [3.63, 3.8) is 0 Å². The van der Waals surface area contributed by atoms with Gasteiger partial charge in [0.2, 0.25) is 0 Å². The summed E-state index contributed by atoms with van der Waals surface area (Å²) in [5.74, 6) is 3.88. The maximum atomic E-state index is 10.2. The number of hydrogen-bond donors (Lipinski definition) is 1. The van der Waals surface area contributed by atoms with Crippen molar-refractivity contribution in [2.24, 2.45) is 40.4 Å². The normalized spacial score (nSPS) is 44.9. The molecule has 0 aromatic heterocycles. The van der Waals surface area contributed by atoms with Gasteiger partial charge in [-0.3, -0.25) is 0 Å². The van der Waals surface area contributed by atoms with Gasteiger partial charge in [-0.15, -0.1) is 0 Å². The fourth-order valence-corrected chi connectivity index (χ4v) is 8.13. The Kier molecular flexibility index (Phi) is 5.69. The van der Waals surface area contributed by atoms with E-state index in [1.165, 1.54) is 62.5 Å². The van der Waals surface area contributed by atoms with E-state index in [1.54, 1.807) is 5.57 Å². The summed E-state index contributed by atoms with van der Waals surface area (Å²) >= 11 is 0. The molecule has 8 unspecified atom stereocenters. The highest BCUT2D eigenvalue weighted by molar-refractivity contribution is 5.26. The molecule has 1 heteroatoms. The topological polar surface area (TPSA) is 20.2 Å². The molecule has 0 aliphatic heterocycles. The number of allylic oxidation sites excluding steroid dienone is 3. The molecule has 29 heavy (non-hydrogen) atoms. The second-order valence-corrected chi connectivity index (χ2v) is 11.8. The van der Waals surface area contributed by atoms with E-state index in [9.17, 15) is 5.11 Å². The SMILES string of the molecule is C=C(C)C(C)CCC(=C)C1CCC2C3CC=C4CC(O)CCC4(C)C3CCC12C. The van der Waals surface area contributed by atoms with Crippen molar-refractivity contribution in [1.82, 2.24) is 0 Å². The van der Waals surface area contributed by atoms with Crippen LogP contribution in [0.3, 0.4) is 0 Å². The average Bonchev–Trinajstić information content (AvgIpc) is 3.03. The summed E-state index contributed by atoms with van der Waals surface area (Å²) in [6, 6.07) is 0. The molecule has 0 radical (unpaired) electrons. The van der Waals surface area contributed by atoms with Gasteiger partial charge in [0.25, 0.3) is 0 Å². The van der Waals surface area contributed by atoms with Crippen LogP contribution in [0, 0.1) is 40.4 Å². The highest BCUT2D eigenvalue weighted by Gasteiger charge is 2.58. The molecule has 0 spiro atoms. The minimum atomic E-state index is -0.0967. The van der Waals surface area contributed by atoms with Gasteiger partial charge >= 0.3 is 0 Å². The van der Waals surface area contributed by atoms with Crippen molar-refractivity contribution < 1.29 is 5.11 Å². The maximum absolute atomic E-state index is 10.2. The quantitative estimate of drug-likeness (QED) is 0.478. The Morgan fingerprint density at radius 3 is 2.62 bits per heavy atom. The first kappa shape index (κ1) is 21.4. The monoisotopic (exact) mass is 396 g/mol. The van der Waals surface area contributed by atoms with E-state index in [-0.39, 0.29) is 6.10 Å². The van der Waals surface area contributed by atoms with Crippen LogP contribution in [0.4, 0.5) is 0 Å². The van der Waals surface area contributed by atoms with Gasteiger partial charge in [0, 0.05) is 0 Å². The number of rotatable bonds is 5. The van der Waals surface area contributed by atoms with Gasteiger partial charge in [-0.1, -0.05) is 56.7 Å². The molecule has 1 N–H and O–H groups in total. The van der Waals surface area contributed by atoms with E-state index in [1.807, 2.05) is 0 Å². The van der Waals surface area contributed by atoms with Crippen LogP contribution >= 0.6 is 0 Å². The highest BCUT2D eigenvalue weighted by atomic mass is 16.3. The van der Waals surface area contributed by atoms with Crippen molar-refractivity contribution in [1.29, 1.82) is 0 Å². The van der Waals surface area contributed by atoms with Crippen molar-refractivity contribution in [2.75, 3.05) is 0 Å². The molecule has 8 atom stereocenters. The lowest BCUT2D eigenvalue weighted by Gasteiger charge is -2.58. The zero-order valence-electron chi connectivity index (χ0n) is 19.5. The van der Waals surface area contributed by atoms with Gasteiger partial charge in [-0.25, -0.2) is 0 Å². The third-order valence-corrected chi connectivity index (χ3v) is 10.3. The minimum Gasteiger partial charge on any atom is -0.393 e. The zero-order chi connectivity index (χ0) is 21.0. The highest BCUT2D eigenvalue weighted by Crippen LogP contribution is 2.67. The molecule has 4 aliphatic rings. The predicted molar refractivity (Wildman–Crippen MR) is 124 cm³/mol. The van der Waals surface area contributed by atoms with Crippen LogP contribution in [0.2, 0.25) is 0 Å². The van der Waals surface area contributed by atoms with Gasteiger partial charge < -0.3 is 5.11 Å². The van der Waals surface area contributed by atoms with Crippen LogP contribution in [0.1, 0.15) is 91.9 Å². The van der Waals surface area contributed by atoms with Crippen LogP contribution < -0.4 is 0 Å². The smallest absolute Gasteiger partial charge is 0.0577 e. The Labute approximate surface area is 179 Å². The second-order valence-electron chi connectivity index (χ2n) is 11.8. The first-order valence-corrected chi connectivity index (χ1v) is 12.4. The summed E-state index contributed by atoms with van der Waals surface area (Å²) < 4.78 is 0. The van der Waals surface area contributed by atoms with Crippen LogP contribution in [0.5, 0.6) is 0 Å². The van der Waals surface area contributed by atoms with E-state index in [4.69, 9.17) is 0 Å². The average molecular weight is 397 g/mol. The lowest BCUT2D eigenvalue weighted by molar-refractivity contribution is -0.0457. The van der Waals surface area contributed by atoms with E-state index in [0.717, 1.165) is 36.5 Å². The largest absolute Gasteiger partial charge is 0.393 e. The number of fused-ring (bicyclic) bond motifs is 5. The van der Waals surface area contributed by atoms with Crippen LogP contribution in [-0.4, -0.2) is 11.2 Å². The van der Waals surface area contributed by atoms with Crippen molar-refractivity contribution in [3.8, 4) is 0 Å². The van der Waals surface area contributed by atoms with Crippen LogP contribution in [0.15, 0.2) is 36.0 Å². The fourth-order valence-electron chi connectivity index (χ4n) is 8.13. The lowest BCUT2D eigenvalue weighted by atomic mass is 9.47. The fraction of sp³-hybridized carbons (Fsp3) is 0.786. The summed E-state index contributed by atoms with van der Waals surface area (Å²) in [5.41, 5.74) is 5.25. The minimum absolute atomic E-state index is 0.0967. The zero-order valence-corrected chi connectivity index (χ0v) is 19.5. The van der Waals surface area contributed by atoms with Gasteiger partial charge in [0.1, 0.15) is 0 Å². The van der Waals surface area contributed by atoms with E-state index < -0.39 is 0 Å². The van der Waals surface area contributed by atoms with Crippen molar-refractivity contribution >= 4 is 0 Å². The first-order valence-electron chi connectivity index (χ1n) is 12.4. The third-order valence-electron chi connectivity index (χ3n) is 10.3. The van der Waals surface area contributed by atoms with Gasteiger partial charge in [0.05, 0.1) is 6.10 Å². The number of aliphatic hydroxyl groups excluding tert-OH is 1. The summed E-state index contributed by atoms with van der Waals surface area (Å²) in [4.78, 5) is 0. The molecule has 162 valence electrons. The standard InChI is InChI=1S/C28H44O/c1-18(2)19(3)7-8-20(4)24-11-12-25-23-10-9-21-17-22(29)13-15-27(21,5)26(23)14-16-28(24,25)6/h9,19,22-26,29H,1,4,7-8,10-17H2,2-3,5-6H3. The van der Waals surface area contributed by atoms with E-state index in [0.29, 0.717) is 16.7 Å². The van der Waals surface area contributed by atoms with Gasteiger partial charge in [0.15, 0.2) is 0 Å². The van der Waals surface area contributed by atoms with Crippen LogP contribution in [0.25, 0.3) is 0 Å². The Bertz CT molecular complexity index is 701. The Morgan fingerprint density at radius 1 is 1.14 bits per heavy atom. The van der Waals surface area contributed by atoms with Crippen molar-refractivity contribution in [3.05, 3.63) is 36.0 Å². The molecular formula is C28H44O. The molecule has 0 aromatic carbocycles. The second kappa shape index (κ2) is 7.70. The molecule has 0 saturated heterocycles. The molecule has 0 amide bonds. The van der Waals surface area contributed by atoms with E-state index in [2.05, 4.69) is 46.9 Å². The molecule has 3 fully saturated rings. The first-order chi connectivity index (χ1) is 13.7. The Morgan fingerprint density at radius 2 is 1.90 bits per heavy atom. The molecule has 0 heterocycles. The third kappa shape index (κ3) is 3.50. The molecular weight excluding hydrogens is 352 g/mol. The summed E-state index contributed by atoms with van der Waals surface area (Å²) in [5, 5.41) is 10.2. The number of hydrogen-bond acceptors (Lipinski definition) is 1. The van der Waals surface area contributed by atoms with Crippen molar-refractivity contribution in [2.45, 2.75) is 98.0 Å². The van der Waals surface area contributed by atoms with Gasteiger partial charge in [-0.05, 0) is 112 Å². The lowest BCUT2D eigenvalue weighted by Crippen LogP contribution is -2.50. The maximum Gasteiger partial charge on any atom is 0.0577 e. The molecule has 0 aromatic rings. The molecule has 4 rings (SSSR count). The van der Waals surface area contributed by atoms with E-state index >= 15 is 0 Å². The molecule has 1 nitrogen and oxygen atoms in total. The summed E-state index contributed by atoms with van der Waals surface area (Å²) in [7, 11) is 0. The summed E-state index contributed by atoms with van der Waals surface area (Å²) in [6.45, 7) is 18.4.